The fourth-order valence-electron chi connectivity index (χ4n) is 11.0. The van der Waals surface area contributed by atoms with E-state index in [0.717, 1.165) is 38.5 Å². The molecule has 0 radical (unpaired) electrons. The van der Waals surface area contributed by atoms with Gasteiger partial charge in [-0.25, -0.2) is 0 Å². The van der Waals surface area contributed by atoms with Crippen molar-refractivity contribution in [2.24, 2.45) is 0 Å². The van der Waals surface area contributed by atoms with E-state index in [4.69, 9.17) is 9.47 Å². The number of nitrogens with one attached hydrogen (secondary N) is 1. The molecule has 1 heterocycles. The highest BCUT2D eigenvalue weighted by Gasteiger charge is 2.44. The van der Waals surface area contributed by atoms with Crippen molar-refractivity contribution in [3.05, 3.63) is 24.3 Å². The van der Waals surface area contributed by atoms with E-state index in [-0.39, 0.29) is 12.8 Å². The Morgan fingerprint density at radius 3 is 1.10 bits per heavy atom. The molecule has 0 spiro atoms. The maximum atomic E-state index is 13.2. The van der Waals surface area contributed by atoms with Gasteiger partial charge in [-0.2, -0.15) is 0 Å². The molecule has 1 rings (SSSR count). The van der Waals surface area contributed by atoms with Crippen LogP contribution in [-0.2, 0) is 14.3 Å². The summed E-state index contributed by atoms with van der Waals surface area (Å²) >= 11 is 0. The Bertz CT molecular complexity index is 1320. The zero-order valence-electron chi connectivity index (χ0n) is 50.9. The average molecular weight is 1110 g/mol. The number of aliphatic hydroxyl groups excluding tert-OH is 7. The van der Waals surface area contributed by atoms with E-state index in [0.29, 0.717) is 12.8 Å². The molecule has 11 heteroatoms. The molecule has 9 unspecified atom stereocenters. The standard InChI is InChI=1S/C67H129NO10/c1-3-5-7-9-11-13-15-17-19-21-23-25-27-28-29-30-31-32-33-35-37-39-41-43-45-47-49-51-53-55-60(71)66(76)68-58(57-77-67-65(75)64(74)63(73)61(56-69)78-67)62(72)59(70)54-52-50-48-46-44-42-40-38-36-34-26-24-22-20-18-16-14-12-10-8-6-4-2/h28-29,46,48,58-65,67,69-75H,3-27,30-45,47,49-57H2,1-2H3,(H,68,76)/b29-28-,48-46+. The smallest absolute Gasteiger partial charge is 0.249 e. The van der Waals surface area contributed by atoms with E-state index in [1.165, 1.54) is 250 Å². The predicted octanol–water partition coefficient (Wildman–Crippen LogP) is 15.6. The van der Waals surface area contributed by atoms with Gasteiger partial charge in [0, 0.05) is 0 Å². The fourth-order valence-corrected chi connectivity index (χ4v) is 11.0. The van der Waals surface area contributed by atoms with Crippen molar-refractivity contribution in [1.29, 1.82) is 0 Å². The molecular weight excluding hydrogens is 979 g/mol. The molecule has 0 aromatic carbocycles. The molecule has 1 aliphatic heterocycles. The number of aliphatic hydroxyl groups is 7. The third-order valence-corrected chi connectivity index (χ3v) is 16.5. The van der Waals surface area contributed by atoms with Crippen LogP contribution in [-0.4, -0.2) is 110 Å². The highest BCUT2D eigenvalue weighted by atomic mass is 16.7. The topological polar surface area (TPSA) is 189 Å². The van der Waals surface area contributed by atoms with Gasteiger partial charge in [0.1, 0.15) is 36.6 Å². The van der Waals surface area contributed by atoms with Crippen LogP contribution in [0.3, 0.4) is 0 Å². The molecule has 1 amide bonds. The Labute approximate surface area is 480 Å². The summed E-state index contributed by atoms with van der Waals surface area (Å²) in [5, 5.41) is 76.4. The number of carbonyl (C=O) groups excluding carboxylic acids is 1. The van der Waals surface area contributed by atoms with Gasteiger partial charge in [-0.3, -0.25) is 4.79 Å². The van der Waals surface area contributed by atoms with Crippen LogP contribution in [0.1, 0.15) is 328 Å². The minimum absolute atomic E-state index is 0.256. The van der Waals surface area contributed by atoms with Crippen LogP contribution in [0.25, 0.3) is 0 Å². The van der Waals surface area contributed by atoms with Crippen LogP contribution in [0, 0.1) is 0 Å². The first kappa shape index (κ1) is 74.6. The zero-order chi connectivity index (χ0) is 56.8. The average Bonchev–Trinajstić information content (AvgIpc) is 3.46. The monoisotopic (exact) mass is 1110 g/mol. The molecular formula is C67H129NO10. The number of hydrogen-bond donors (Lipinski definition) is 8. The molecule has 8 N–H and O–H groups in total. The molecule has 78 heavy (non-hydrogen) atoms. The summed E-state index contributed by atoms with van der Waals surface area (Å²) in [6, 6.07) is -1.18. The van der Waals surface area contributed by atoms with Crippen LogP contribution >= 0.6 is 0 Å². The van der Waals surface area contributed by atoms with E-state index in [9.17, 15) is 40.5 Å². The predicted molar refractivity (Wildman–Crippen MR) is 326 cm³/mol. The fraction of sp³-hybridized carbons (Fsp3) is 0.925. The number of rotatable bonds is 59. The van der Waals surface area contributed by atoms with Gasteiger partial charge in [-0.1, -0.05) is 289 Å². The normalized spacial score (nSPS) is 19.5. The van der Waals surface area contributed by atoms with Crippen molar-refractivity contribution in [2.75, 3.05) is 13.2 Å². The minimum Gasteiger partial charge on any atom is -0.394 e. The summed E-state index contributed by atoms with van der Waals surface area (Å²) in [6.07, 6.45) is 58.3. The number of allylic oxidation sites excluding steroid dienone is 4. The molecule has 462 valence electrons. The second-order valence-electron chi connectivity index (χ2n) is 23.9. The summed E-state index contributed by atoms with van der Waals surface area (Å²) in [5.74, 6) is -0.701. The molecule has 0 bridgehead atoms. The first-order valence-electron chi connectivity index (χ1n) is 33.7. The Morgan fingerprint density at radius 2 is 0.756 bits per heavy atom. The lowest BCUT2D eigenvalue weighted by Crippen LogP contribution is -2.60. The van der Waals surface area contributed by atoms with E-state index in [1.807, 2.05) is 0 Å². The molecule has 0 aromatic heterocycles. The van der Waals surface area contributed by atoms with Gasteiger partial charge in [-0.15, -0.1) is 0 Å². The maximum Gasteiger partial charge on any atom is 0.249 e. The Balaban J connectivity index is 2.23. The van der Waals surface area contributed by atoms with Gasteiger partial charge in [-0.05, 0) is 64.2 Å². The molecule has 11 nitrogen and oxygen atoms in total. The number of amides is 1. The summed E-state index contributed by atoms with van der Waals surface area (Å²) in [7, 11) is 0. The molecule has 0 aromatic rings. The third-order valence-electron chi connectivity index (χ3n) is 16.5. The number of hydrogen-bond acceptors (Lipinski definition) is 10. The van der Waals surface area contributed by atoms with Crippen molar-refractivity contribution in [1.82, 2.24) is 5.32 Å². The molecule has 0 saturated carbocycles. The van der Waals surface area contributed by atoms with Gasteiger partial charge >= 0.3 is 0 Å². The first-order chi connectivity index (χ1) is 38.2. The summed E-state index contributed by atoms with van der Waals surface area (Å²) in [6.45, 7) is 3.49. The van der Waals surface area contributed by atoms with Crippen LogP contribution in [0.2, 0.25) is 0 Å². The van der Waals surface area contributed by atoms with Crippen LogP contribution < -0.4 is 5.32 Å². The SMILES string of the molecule is CCCCCCCCCCCCCC/C=C\CCCCCCCCCCCCCCCC(O)C(=O)NC(COC1OC(CO)C(O)C(O)C1O)C(O)C(O)CCC/C=C/CCCCCCCCCCCCCCCCCCC. The minimum atomic E-state index is -1.67. The Morgan fingerprint density at radius 1 is 0.436 bits per heavy atom. The lowest BCUT2D eigenvalue weighted by atomic mass is 9.98. The lowest BCUT2D eigenvalue weighted by molar-refractivity contribution is -0.303. The number of ether oxygens (including phenoxy) is 2. The van der Waals surface area contributed by atoms with E-state index in [1.54, 1.807) is 0 Å². The van der Waals surface area contributed by atoms with Crippen LogP contribution in [0.5, 0.6) is 0 Å². The second kappa shape index (κ2) is 56.1. The highest BCUT2D eigenvalue weighted by Crippen LogP contribution is 2.24. The largest absolute Gasteiger partial charge is 0.394 e. The number of carbonyl (C=O) groups is 1. The van der Waals surface area contributed by atoms with Gasteiger partial charge in [0.25, 0.3) is 0 Å². The summed E-state index contributed by atoms with van der Waals surface area (Å²) < 4.78 is 11.2. The molecule has 1 aliphatic rings. The van der Waals surface area contributed by atoms with Crippen molar-refractivity contribution in [2.45, 2.75) is 384 Å². The molecule has 9 atom stereocenters. The van der Waals surface area contributed by atoms with Gasteiger partial charge in [0.15, 0.2) is 6.29 Å². The third kappa shape index (κ3) is 43.3. The van der Waals surface area contributed by atoms with Crippen molar-refractivity contribution in [3.8, 4) is 0 Å². The van der Waals surface area contributed by atoms with Crippen molar-refractivity contribution < 1.29 is 50.0 Å². The second-order valence-corrected chi connectivity index (χ2v) is 23.9. The van der Waals surface area contributed by atoms with E-state index < -0.39 is 74.2 Å². The van der Waals surface area contributed by atoms with Gasteiger partial charge in [0.05, 0.1) is 25.4 Å². The Kier molecular flexibility index (Phi) is 53.6. The maximum absolute atomic E-state index is 13.2. The van der Waals surface area contributed by atoms with Crippen molar-refractivity contribution >= 4 is 5.91 Å². The number of unbranched alkanes of at least 4 members (excludes halogenated alkanes) is 43. The van der Waals surface area contributed by atoms with Gasteiger partial charge < -0.3 is 50.5 Å². The zero-order valence-corrected chi connectivity index (χ0v) is 50.9. The first-order valence-corrected chi connectivity index (χ1v) is 33.7. The van der Waals surface area contributed by atoms with E-state index >= 15 is 0 Å². The van der Waals surface area contributed by atoms with Crippen LogP contribution in [0.15, 0.2) is 24.3 Å². The van der Waals surface area contributed by atoms with Crippen molar-refractivity contribution in [3.63, 3.8) is 0 Å². The Hall–Kier alpha value is -1.41. The summed E-state index contributed by atoms with van der Waals surface area (Å²) in [4.78, 5) is 13.2. The van der Waals surface area contributed by atoms with Crippen LogP contribution in [0.4, 0.5) is 0 Å². The van der Waals surface area contributed by atoms with E-state index in [2.05, 4.69) is 43.5 Å². The molecule has 1 fully saturated rings. The van der Waals surface area contributed by atoms with Gasteiger partial charge in [0.2, 0.25) is 5.91 Å². The molecule has 0 aliphatic carbocycles. The lowest BCUT2D eigenvalue weighted by Gasteiger charge is -2.40. The summed E-state index contributed by atoms with van der Waals surface area (Å²) in [5.41, 5.74) is 0. The molecule has 1 saturated heterocycles. The quantitative estimate of drug-likeness (QED) is 0.0215. The highest BCUT2D eigenvalue weighted by molar-refractivity contribution is 5.80.